The quantitative estimate of drug-likeness (QED) is 0.684. The average Bonchev–Trinajstić information content (AvgIpc) is 2.49. The monoisotopic (exact) mass is 177 g/mol. The van der Waals surface area contributed by atoms with Gasteiger partial charge in [0, 0.05) is 6.20 Å². The molecule has 0 fully saturated rings. The molecule has 1 atom stereocenters. The molecular weight excluding hydrogens is 166 g/mol. The molecule has 0 saturated carbocycles. The van der Waals surface area contributed by atoms with Crippen LogP contribution in [0, 0.1) is 0 Å². The first-order valence-electron chi connectivity index (χ1n) is 4.10. The Morgan fingerprint density at radius 1 is 1.54 bits per heavy atom. The van der Waals surface area contributed by atoms with Gasteiger partial charge in [-0.3, -0.25) is 4.98 Å². The zero-order chi connectivity index (χ0) is 9.31. The summed E-state index contributed by atoms with van der Waals surface area (Å²) in [6.45, 7) is 2.42. The molecule has 2 rings (SSSR count). The second-order valence-corrected chi connectivity index (χ2v) is 3.23. The van der Waals surface area contributed by atoms with Gasteiger partial charge in [-0.1, -0.05) is 6.07 Å². The zero-order valence-corrected chi connectivity index (χ0v) is 7.40. The van der Waals surface area contributed by atoms with Crippen molar-refractivity contribution >= 4 is 6.02 Å². The van der Waals surface area contributed by atoms with Crippen molar-refractivity contribution in [3.63, 3.8) is 0 Å². The highest BCUT2D eigenvalue weighted by atomic mass is 16.5. The highest BCUT2D eigenvalue weighted by molar-refractivity contribution is 5.73. The van der Waals surface area contributed by atoms with Gasteiger partial charge in [-0.2, -0.15) is 0 Å². The van der Waals surface area contributed by atoms with E-state index in [0.29, 0.717) is 6.61 Å². The van der Waals surface area contributed by atoms with Gasteiger partial charge < -0.3 is 10.5 Å². The van der Waals surface area contributed by atoms with E-state index in [-0.39, 0.29) is 6.02 Å². The van der Waals surface area contributed by atoms with Gasteiger partial charge >= 0.3 is 0 Å². The van der Waals surface area contributed by atoms with Crippen LogP contribution in [0.5, 0.6) is 0 Å². The summed E-state index contributed by atoms with van der Waals surface area (Å²) < 4.78 is 5.11. The van der Waals surface area contributed by atoms with Crippen molar-refractivity contribution in [3.8, 4) is 0 Å². The van der Waals surface area contributed by atoms with Gasteiger partial charge in [-0.15, -0.1) is 0 Å². The molecule has 4 nitrogen and oxygen atoms in total. The summed E-state index contributed by atoms with van der Waals surface area (Å²) in [5.74, 6) is 0. The van der Waals surface area contributed by atoms with E-state index in [1.165, 1.54) is 0 Å². The third-order valence-electron chi connectivity index (χ3n) is 2.07. The molecule has 0 aromatic carbocycles. The Morgan fingerprint density at radius 2 is 2.38 bits per heavy atom. The Kier molecular flexibility index (Phi) is 1.69. The number of pyridine rings is 1. The predicted molar refractivity (Wildman–Crippen MR) is 49.2 cm³/mol. The maximum absolute atomic E-state index is 5.45. The lowest BCUT2D eigenvalue weighted by atomic mass is 10.00. The Bertz CT molecular complexity index is 336. The number of amidine groups is 1. The van der Waals surface area contributed by atoms with E-state index in [9.17, 15) is 0 Å². The number of ether oxygens (including phenoxy) is 1. The minimum absolute atomic E-state index is 0.244. The second kappa shape index (κ2) is 2.73. The van der Waals surface area contributed by atoms with Gasteiger partial charge in [-0.25, -0.2) is 4.99 Å². The first kappa shape index (κ1) is 8.04. The Balaban J connectivity index is 2.37. The molecule has 1 aliphatic heterocycles. The van der Waals surface area contributed by atoms with Crippen molar-refractivity contribution in [2.45, 2.75) is 12.5 Å². The fourth-order valence-corrected chi connectivity index (χ4v) is 1.33. The Morgan fingerprint density at radius 3 is 2.92 bits per heavy atom. The lowest BCUT2D eigenvalue weighted by Gasteiger charge is -2.16. The molecule has 0 bridgehead atoms. The molecule has 1 aliphatic rings. The Labute approximate surface area is 76.5 Å². The minimum Gasteiger partial charge on any atom is -0.462 e. The van der Waals surface area contributed by atoms with Gasteiger partial charge in [-0.05, 0) is 19.1 Å². The summed E-state index contributed by atoms with van der Waals surface area (Å²) in [6, 6.07) is 5.96. The predicted octanol–water partition coefficient (Wildman–Crippen LogP) is 0.642. The number of rotatable bonds is 1. The molecule has 1 unspecified atom stereocenters. The summed E-state index contributed by atoms with van der Waals surface area (Å²) in [4.78, 5) is 8.42. The van der Waals surface area contributed by atoms with Crippen molar-refractivity contribution in [1.29, 1.82) is 0 Å². The van der Waals surface area contributed by atoms with Crippen LogP contribution in [0.3, 0.4) is 0 Å². The summed E-state index contributed by atoms with van der Waals surface area (Å²) in [5.41, 5.74) is 5.92. The van der Waals surface area contributed by atoms with Crippen LogP contribution in [0.25, 0.3) is 0 Å². The molecule has 1 aromatic rings. The van der Waals surface area contributed by atoms with Gasteiger partial charge in [0.25, 0.3) is 6.02 Å². The molecule has 0 amide bonds. The Hall–Kier alpha value is -1.58. The first-order chi connectivity index (χ1) is 6.21. The molecular formula is C9H11N3O. The lowest BCUT2D eigenvalue weighted by molar-refractivity contribution is 0.263. The molecule has 68 valence electrons. The minimum atomic E-state index is -0.411. The van der Waals surface area contributed by atoms with Crippen molar-refractivity contribution < 1.29 is 4.74 Å². The van der Waals surface area contributed by atoms with Crippen molar-refractivity contribution in [1.82, 2.24) is 4.98 Å². The highest BCUT2D eigenvalue weighted by Crippen LogP contribution is 2.27. The first-order valence-corrected chi connectivity index (χ1v) is 4.10. The molecule has 2 N–H and O–H groups in total. The normalized spacial score (nSPS) is 26.7. The van der Waals surface area contributed by atoms with Crippen molar-refractivity contribution in [2.24, 2.45) is 10.7 Å². The van der Waals surface area contributed by atoms with Crippen LogP contribution >= 0.6 is 0 Å². The van der Waals surface area contributed by atoms with E-state index in [1.807, 2.05) is 25.1 Å². The van der Waals surface area contributed by atoms with E-state index in [0.717, 1.165) is 5.69 Å². The van der Waals surface area contributed by atoms with E-state index in [1.54, 1.807) is 6.20 Å². The second-order valence-electron chi connectivity index (χ2n) is 3.23. The number of aromatic nitrogens is 1. The lowest BCUT2D eigenvalue weighted by Crippen LogP contribution is -2.21. The number of hydrogen-bond acceptors (Lipinski definition) is 4. The van der Waals surface area contributed by atoms with Crippen molar-refractivity contribution in [2.75, 3.05) is 6.61 Å². The van der Waals surface area contributed by atoms with Crippen molar-refractivity contribution in [3.05, 3.63) is 30.1 Å². The van der Waals surface area contributed by atoms with Crippen LogP contribution < -0.4 is 5.73 Å². The van der Waals surface area contributed by atoms with Crippen LogP contribution in [-0.4, -0.2) is 17.6 Å². The largest absolute Gasteiger partial charge is 0.462 e. The van der Waals surface area contributed by atoms with Crippen LogP contribution in [-0.2, 0) is 10.3 Å². The van der Waals surface area contributed by atoms with Gasteiger partial charge in [0.15, 0.2) is 0 Å². The maximum atomic E-state index is 5.45. The SMILES string of the molecule is CC1(c2ccccn2)COC(N)=N1. The summed E-state index contributed by atoms with van der Waals surface area (Å²) in [5, 5.41) is 0. The highest BCUT2D eigenvalue weighted by Gasteiger charge is 2.33. The molecule has 0 spiro atoms. The summed E-state index contributed by atoms with van der Waals surface area (Å²) in [7, 11) is 0. The molecule has 0 saturated heterocycles. The number of aliphatic imine (C=N–C) groups is 1. The number of hydrogen-bond donors (Lipinski definition) is 1. The molecule has 0 aliphatic carbocycles. The molecule has 1 aromatic heterocycles. The standard InChI is InChI=1S/C9H11N3O/c1-9(6-13-8(10)12-9)7-4-2-3-5-11-7/h2-5H,6H2,1H3,(H2,10,12). The maximum Gasteiger partial charge on any atom is 0.283 e. The van der Waals surface area contributed by atoms with E-state index in [2.05, 4.69) is 9.98 Å². The van der Waals surface area contributed by atoms with Gasteiger partial charge in [0.05, 0.1) is 5.69 Å². The third kappa shape index (κ3) is 1.35. The molecule has 0 radical (unpaired) electrons. The van der Waals surface area contributed by atoms with E-state index < -0.39 is 5.54 Å². The third-order valence-corrected chi connectivity index (χ3v) is 2.07. The fraction of sp³-hybridized carbons (Fsp3) is 0.333. The van der Waals surface area contributed by atoms with E-state index >= 15 is 0 Å². The van der Waals surface area contributed by atoms with Crippen LogP contribution in [0.4, 0.5) is 0 Å². The fourth-order valence-electron chi connectivity index (χ4n) is 1.33. The molecule has 4 heteroatoms. The summed E-state index contributed by atoms with van der Waals surface area (Å²) >= 11 is 0. The average molecular weight is 177 g/mol. The smallest absolute Gasteiger partial charge is 0.283 e. The van der Waals surface area contributed by atoms with Crippen LogP contribution in [0.1, 0.15) is 12.6 Å². The molecule has 2 heterocycles. The van der Waals surface area contributed by atoms with Crippen LogP contribution in [0.15, 0.2) is 29.4 Å². The zero-order valence-electron chi connectivity index (χ0n) is 7.40. The number of nitrogens with two attached hydrogens (primary N) is 1. The van der Waals surface area contributed by atoms with Gasteiger partial charge in [0.1, 0.15) is 12.1 Å². The van der Waals surface area contributed by atoms with Gasteiger partial charge in [0.2, 0.25) is 0 Å². The molecule has 13 heavy (non-hydrogen) atoms. The number of nitrogens with zero attached hydrogens (tertiary/aromatic N) is 2. The summed E-state index contributed by atoms with van der Waals surface area (Å²) in [6.07, 6.45) is 1.74. The van der Waals surface area contributed by atoms with Crippen LogP contribution in [0.2, 0.25) is 0 Å². The van der Waals surface area contributed by atoms with E-state index in [4.69, 9.17) is 10.5 Å². The topological polar surface area (TPSA) is 60.5 Å².